The summed E-state index contributed by atoms with van der Waals surface area (Å²) >= 11 is 5.91. The number of benzene rings is 2. The molecule has 0 saturated carbocycles. The van der Waals surface area contributed by atoms with E-state index in [2.05, 4.69) is 10.0 Å². The minimum atomic E-state index is -3.60. The fourth-order valence-corrected chi connectivity index (χ4v) is 5.01. The first-order chi connectivity index (χ1) is 14.7. The summed E-state index contributed by atoms with van der Waals surface area (Å²) in [7, 11) is -3.60. The number of rotatable bonds is 7. The van der Waals surface area contributed by atoms with Crippen LogP contribution in [0, 0.1) is 0 Å². The number of carbonyl (C=O) groups excluding carboxylic acids is 2. The average molecular weight is 465 g/mol. The van der Waals surface area contributed by atoms with Crippen LogP contribution in [0.15, 0.2) is 59.5 Å². The number of likely N-dealkylation sites (tertiary alicyclic amines) is 1. The molecule has 0 aliphatic carbocycles. The van der Waals surface area contributed by atoms with Gasteiger partial charge in [0, 0.05) is 24.2 Å². The third kappa shape index (κ3) is 6.43. The van der Waals surface area contributed by atoms with Crippen molar-refractivity contribution >= 4 is 33.6 Å². The predicted molar refractivity (Wildman–Crippen MR) is 118 cm³/mol. The zero-order valence-electron chi connectivity index (χ0n) is 16.8. The van der Waals surface area contributed by atoms with Crippen molar-refractivity contribution in [3.8, 4) is 0 Å². The molecular formula is C21H25ClN4O4S. The van der Waals surface area contributed by atoms with Crippen molar-refractivity contribution in [2.75, 3.05) is 13.1 Å². The summed E-state index contributed by atoms with van der Waals surface area (Å²) in [6.45, 7) is 0.843. The molecule has 0 aromatic heterocycles. The van der Waals surface area contributed by atoms with Crippen LogP contribution in [0.2, 0.25) is 5.02 Å². The third-order valence-electron chi connectivity index (χ3n) is 5.19. The zero-order valence-corrected chi connectivity index (χ0v) is 18.4. The summed E-state index contributed by atoms with van der Waals surface area (Å²) in [6.07, 6.45) is 1.06. The number of sulfonamides is 1. The molecule has 1 fully saturated rings. The zero-order chi connectivity index (χ0) is 22.4. The first kappa shape index (κ1) is 23.1. The molecule has 1 atom stereocenters. The van der Waals surface area contributed by atoms with Gasteiger partial charge in [-0.3, -0.25) is 4.79 Å². The normalized spacial score (nSPS) is 16.0. The summed E-state index contributed by atoms with van der Waals surface area (Å²) in [6, 6.07) is 13.5. The number of nitrogens with one attached hydrogen (secondary N) is 2. The maximum Gasteiger partial charge on any atom is 0.312 e. The van der Waals surface area contributed by atoms with Gasteiger partial charge in [0.25, 0.3) is 0 Å². The van der Waals surface area contributed by atoms with Crippen molar-refractivity contribution in [3.63, 3.8) is 0 Å². The van der Waals surface area contributed by atoms with Crippen molar-refractivity contribution in [1.82, 2.24) is 14.9 Å². The fraction of sp³-hybridized carbons (Fsp3) is 0.333. The molecule has 4 N–H and O–H groups in total. The molecule has 166 valence electrons. The molecule has 0 spiro atoms. The van der Waals surface area contributed by atoms with Gasteiger partial charge < -0.3 is 16.0 Å². The van der Waals surface area contributed by atoms with Gasteiger partial charge in [-0.15, -0.1) is 0 Å². The van der Waals surface area contributed by atoms with Gasteiger partial charge in [0.05, 0.1) is 17.4 Å². The van der Waals surface area contributed by atoms with Crippen LogP contribution in [0.5, 0.6) is 0 Å². The summed E-state index contributed by atoms with van der Waals surface area (Å²) < 4.78 is 27.7. The van der Waals surface area contributed by atoms with Crippen LogP contribution in [0.25, 0.3) is 0 Å². The molecule has 1 aliphatic rings. The lowest BCUT2D eigenvalue weighted by atomic mass is 10.0. The highest BCUT2D eigenvalue weighted by Crippen LogP contribution is 2.22. The van der Waals surface area contributed by atoms with Crippen molar-refractivity contribution in [3.05, 3.63) is 65.2 Å². The van der Waals surface area contributed by atoms with E-state index < -0.39 is 22.1 Å². The molecule has 0 unspecified atom stereocenters. The van der Waals surface area contributed by atoms with E-state index in [-0.39, 0.29) is 23.3 Å². The molecule has 10 heteroatoms. The van der Waals surface area contributed by atoms with Gasteiger partial charge in [0.15, 0.2) is 0 Å². The maximum atomic E-state index is 12.8. The highest BCUT2D eigenvalue weighted by atomic mass is 35.5. The van der Waals surface area contributed by atoms with Crippen LogP contribution in [-0.2, 0) is 14.8 Å². The second kappa shape index (κ2) is 10.1. The first-order valence-electron chi connectivity index (χ1n) is 9.91. The Hall–Kier alpha value is -2.62. The van der Waals surface area contributed by atoms with Crippen LogP contribution < -0.4 is 15.8 Å². The summed E-state index contributed by atoms with van der Waals surface area (Å²) in [5.41, 5.74) is 6.00. The Bertz CT molecular complexity index is 1010. The lowest BCUT2D eigenvalue weighted by Gasteiger charge is -2.33. The Morgan fingerprint density at radius 3 is 2.26 bits per heavy atom. The lowest BCUT2D eigenvalue weighted by molar-refractivity contribution is -0.132. The first-order valence-corrected chi connectivity index (χ1v) is 11.8. The Labute approximate surface area is 186 Å². The molecule has 3 rings (SSSR count). The van der Waals surface area contributed by atoms with Crippen LogP contribution >= 0.6 is 11.6 Å². The molecule has 8 nitrogen and oxygen atoms in total. The Kier molecular flexibility index (Phi) is 7.53. The van der Waals surface area contributed by atoms with E-state index >= 15 is 0 Å². The van der Waals surface area contributed by atoms with E-state index in [9.17, 15) is 18.0 Å². The van der Waals surface area contributed by atoms with Gasteiger partial charge in [-0.1, -0.05) is 41.9 Å². The minimum Gasteiger partial charge on any atom is -0.352 e. The summed E-state index contributed by atoms with van der Waals surface area (Å²) in [5.74, 6) is -0.141. The van der Waals surface area contributed by atoms with E-state index in [1.165, 1.54) is 0 Å². The molecule has 1 saturated heterocycles. The van der Waals surface area contributed by atoms with Crippen LogP contribution in [0.1, 0.15) is 30.9 Å². The number of piperidine rings is 1. The van der Waals surface area contributed by atoms with Crippen molar-refractivity contribution in [2.24, 2.45) is 5.73 Å². The highest BCUT2D eigenvalue weighted by Gasteiger charge is 2.28. The van der Waals surface area contributed by atoms with E-state index in [0.29, 0.717) is 31.0 Å². The smallest absolute Gasteiger partial charge is 0.312 e. The van der Waals surface area contributed by atoms with E-state index in [1.54, 1.807) is 59.5 Å². The van der Waals surface area contributed by atoms with E-state index in [0.717, 1.165) is 5.56 Å². The highest BCUT2D eigenvalue weighted by molar-refractivity contribution is 7.89. The number of carbonyl (C=O) groups is 2. The molecule has 3 amide bonds. The molecule has 1 aliphatic heterocycles. The van der Waals surface area contributed by atoms with Gasteiger partial charge in [0.1, 0.15) is 0 Å². The van der Waals surface area contributed by atoms with E-state index in [1.807, 2.05) is 0 Å². The van der Waals surface area contributed by atoms with Crippen molar-refractivity contribution in [2.45, 2.75) is 36.2 Å². The van der Waals surface area contributed by atoms with Crippen molar-refractivity contribution in [1.29, 1.82) is 0 Å². The van der Waals surface area contributed by atoms with Crippen LogP contribution in [0.4, 0.5) is 4.79 Å². The largest absolute Gasteiger partial charge is 0.352 e. The van der Waals surface area contributed by atoms with Gasteiger partial charge >= 0.3 is 6.03 Å². The molecule has 1 heterocycles. The quantitative estimate of drug-likeness (QED) is 0.582. The monoisotopic (exact) mass is 464 g/mol. The Morgan fingerprint density at radius 1 is 1.06 bits per heavy atom. The van der Waals surface area contributed by atoms with Gasteiger partial charge in [0.2, 0.25) is 15.9 Å². The maximum absolute atomic E-state index is 12.8. The van der Waals surface area contributed by atoms with E-state index in [4.69, 9.17) is 17.3 Å². The number of amides is 3. The fourth-order valence-electron chi connectivity index (χ4n) is 3.56. The summed E-state index contributed by atoms with van der Waals surface area (Å²) in [5, 5.41) is 3.15. The second-order valence-corrected chi connectivity index (χ2v) is 9.56. The molecule has 0 bridgehead atoms. The lowest BCUT2D eigenvalue weighted by Crippen LogP contribution is -2.47. The number of hydrogen-bond acceptors (Lipinski definition) is 4. The standard InChI is InChI=1S/C21H25ClN4O4S/c22-16-8-6-15(7-9-16)19(24-21(23)28)14-20(27)26-12-10-17(11-13-26)25-31(29,30)18-4-2-1-3-5-18/h1-9,17,19,25H,10-14H2,(H3,23,24,28)/t19-/m0/s1. The molecule has 31 heavy (non-hydrogen) atoms. The number of halogens is 1. The molecule has 2 aromatic rings. The third-order valence-corrected chi connectivity index (χ3v) is 6.98. The van der Waals surface area contributed by atoms with Gasteiger partial charge in [-0.2, -0.15) is 0 Å². The molecular weight excluding hydrogens is 440 g/mol. The topological polar surface area (TPSA) is 122 Å². The molecule has 0 radical (unpaired) electrons. The predicted octanol–water partition coefficient (Wildman–Crippen LogP) is 2.41. The Balaban J connectivity index is 1.57. The SMILES string of the molecule is NC(=O)N[C@@H](CC(=O)N1CCC(NS(=O)(=O)c2ccccc2)CC1)c1ccc(Cl)cc1. The number of urea groups is 1. The number of nitrogens with two attached hydrogens (primary N) is 1. The summed E-state index contributed by atoms with van der Waals surface area (Å²) in [4.78, 5) is 26.1. The average Bonchev–Trinajstić information content (AvgIpc) is 2.74. The molecule has 2 aromatic carbocycles. The minimum absolute atomic E-state index is 0.0466. The van der Waals surface area contributed by atoms with Crippen LogP contribution in [0.3, 0.4) is 0 Å². The van der Waals surface area contributed by atoms with Gasteiger partial charge in [-0.25, -0.2) is 17.9 Å². The second-order valence-electron chi connectivity index (χ2n) is 7.41. The van der Waals surface area contributed by atoms with Crippen molar-refractivity contribution < 1.29 is 18.0 Å². The number of hydrogen-bond donors (Lipinski definition) is 3. The number of primary amides is 1. The Morgan fingerprint density at radius 2 is 1.68 bits per heavy atom. The van der Waals surface area contributed by atoms with Gasteiger partial charge in [-0.05, 0) is 42.7 Å². The number of nitrogens with zero attached hydrogens (tertiary/aromatic N) is 1. The van der Waals surface area contributed by atoms with Crippen LogP contribution in [-0.4, -0.2) is 44.4 Å².